The van der Waals surface area contributed by atoms with E-state index in [1.54, 1.807) is 12.1 Å². The Labute approximate surface area is 102 Å². The molecule has 1 aliphatic rings. The number of esters is 1. The van der Waals surface area contributed by atoms with Gasteiger partial charge in [-0.05, 0) is 24.1 Å². The third-order valence-electron chi connectivity index (χ3n) is 2.38. The molecule has 0 aliphatic heterocycles. The molecule has 5 heteroatoms. The Morgan fingerprint density at radius 2 is 2.25 bits per heavy atom. The summed E-state index contributed by atoms with van der Waals surface area (Å²) in [5.74, 6) is -1.25. The van der Waals surface area contributed by atoms with Gasteiger partial charge >= 0.3 is 5.97 Å². The van der Waals surface area contributed by atoms with Gasteiger partial charge in [-0.15, -0.1) is 23.2 Å². The molecule has 0 radical (unpaired) electrons. The van der Waals surface area contributed by atoms with Crippen molar-refractivity contribution in [2.24, 2.45) is 5.92 Å². The zero-order chi connectivity index (χ0) is 11.8. The van der Waals surface area contributed by atoms with E-state index in [1.807, 2.05) is 0 Å². The Hall–Kier alpha value is -0.800. The first-order chi connectivity index (χ1) is 7.49. The fourth-order valence-electron chi connectivity index (χ4n) is 1.35. The minimum absolute atomic E-state index is 0.0386. The molecular weight excluding hydrogens is 254 g/mol. The number of alkyl halides is 2. The summed E-state index contributed by atoms with van der Waals surface area (Å²) >= 11 is 11.4. The summed E-state index contributed by atoms with van der Waals surface area (Å²) in [6.45, 7) is 0.0386. The van der Waals surface area contributed by atoms with Crippen LogP contribution in [0, 0.1) is 11.7 Å². The van der Waals surface area contributed by atoms with E-state index >= 15 is 0 Å². The first-order valence-electron chi connectivity index (χ1n) is 4.78. The lowest BCUT2D eigenvalue weighted by Gasteiger charge is -2.04. The maximum atomic E-state index is 12.8. The molecule has 1 saturated carbocycles. The Balaban J connectivity index is 1.86. The number of halogens is 3. The van der Waals surface area contributed by atoms with Gasteiger partial charge in [-0.1, -0.05) is 12.1 Å². The van der Waals surface area contributed by atoms with E-state index < -0.39 is 16.2 Å². The molecule has 0 aromatic heterocycles. The second kappa shape index (κ2) is 4.22. The monoisotopic (exact) mass is 262 g/mol. The fraction of sp³-hybridized carbons (Fsp3) is 0.364. The van der Waals surface area contributed by atoms with E-state index in [0.29, 0.717) is 12.0 Å². The maximum absolute atomic E-state index is 12.8. The Morgan fingerprint density at radius 3 is 2.81 bits per heavy atom. The third kappa shape index (κ3) is 2.66. The normalized spacial score (nSPS) is 21.6. The smallest absolute Gasteiger partial charge is 0.312 e. The lowest BCUT2D eigenvalue weighted by molar-refractivity contribution is -0.146. The molecule has 2 rings (SSSR count). The van der Waals surface area contributed by atoms with Gasteiger partial charge < -0.3 is 4.74 Å². The van der Waals surface area contributed by atoms with E-state index in [0.717, 1.165) is 0 Å². The summed E-state index contributed by atoms with van der Waals surface area (Å²) in [6, 6.07) is 5.88. The van der Waals surface area contributed by atoms with E-state index in [4.69, 9.17) is 27.9 Å². The zero-order valence-corrected chi connectivity index (χ0v) is 9.76. The van der Waals surface area contributed by atoms with Crippen molar-refractivity contribution in [3.63, 3.8) is 0 Å². The number of carbonyl (C=O) groups is 1. The molecular formula is C11H9Cl2FO2. The van der Waals surface area contributed by atoms with Gasteiger partial charge in [-0.3, -0.25) is 4.79 Å². The number of hydrogen-bond acceptors (Lipinski definition) is 2. The van der Waals surface area contributed by atoms with Crippen LogP contribution in [0.25, 0.3) is 0 Å². The summed E-state index contributed by atoms with van der Waals surface area (Å²) in [4.78, 5) is 11.4. The maximum Gasteiger partial charge on any atom is 0.312 e. The van der Waals surface area contributed by atoms with Crippen LogP contribution in [0.4, 0.5) is 4.39 Å². The first kappa shape index (κ1) is 11.7. The van der Waals surface area contributed by atoms with Gasteiger partial charge in [0.1, 0.15) is 16.8 Å². The molecule has 16 heavy (non-hydrogen) atoms. The number of carbonyl (C=O) groups excluding carboxylic acids is 1. The van der Waals surface area contributed by atoms with Gasteiger partial charge in [0, 0.05) is 0 Å². The highest BCUT2D eigenvalue weighted by atomic mass is 35.5. The number of rotatable bonds is 3. The van der Waals surface area contributed by atoms with Crippen LogP contribution in [0.5, 0.6) is 0 Å². The molecule has 2 nitrogen and oxygen atoms in total. The molecule has 0 N–H and O–H groups in total. The van der Waals surface area contributed by atoms with Gasteiger partial charge in [-0.25, -0.2) is 4.39 Å². The molecule has 86 valence electrons. The predicted molar refractivity (Wildman–Crippen MR) is 58.7 cm³/mol. The van der Waals surface area contributed by atoms with E-state index in [-0.39, 0.29) is 12.4 Å². The minimum atomic E-state index is -0.973. The molecule has 0 saturated heterocycles. The molecule has 1 aromatic carbocycles. The van der Waals surface area contributed by atoms with Crippen molar-refractivity contribution in [1.82, 2.24) is 0 Å². The highest BCUT2D eigenvalue weighted by Gasteiger charge is 2.57. The molecule has 1 aromatic rings. The van der Waals surface area contributed by atoms with Crippen LogP contribution < -0.4 is 0 Å². The quantitative estimate of drug-likeness (QED) is 0.618. The standard InChI is InChI=1S/C11H9Cl2FO2/c12-11(13)5-9(11)10(15)16-6-7-2-1-3-8(14)4-7/h1-4,9H,5-6H2. The minimum Gasteiger partial charge on any atom is -0.461 e. The van der Waals surface area contributed by atoms with E-state index in [2.05, 4.69) is 0 Å². The predicted octanol–water partition coefficient (Wildman–Crippen LogP) is 3.06. The van der Waals surface area contributed by atoms with Crippen molar-refractivity contribution in [3.8, 4) is 0 Å². The zero-order valence-electron chi connectivity index (χ0n) is 8.25. The van der Waals surface area contributed by atoms with Crippen molar-refractivity contribution in [3.05, 3.63) is 35.6 Å². The van der Waals surface area contributed by atoms with Crippen LogP contribution in [0.15, 0.2) is 24.3 Å². The summed E-state index contributed by atoms with van der Waals surface area (Å²) in [5, 5.41) is 0. The van der Waals surface area contributed by atoms with Crippen LogP contribution in [0.1, 0.15) is 12.0 Å². The average Bonchev–Trinajstić information content (AvgIpc) is 2.85. The molecule has 0 amide bonds. The Morgan fingerprint density at radius 1 is 1.56 bits per heavy atom. The van der Waals surface area contributed by atoms with Crippen molar-refractivity contribution >= 4 is 29.2 Å². The number of hydrogen-bond donors (Lipinski definition) is 0. The van der Waals surface area contributed by atoms with Crippen molar-refractivity contribution in [2.75, 3.05) is 0 Å². The highest BCUT2D eigenvalue weighted by Crippen LogP contribution is 2.53. The van der Waals surface area contributed by atoms with Crippen LogP contribution in [-0.2, 0) is 16.1 Å². The van der Waals surface area contributed by atoms with Crippen molar-refractivity contribution in [2.45, 2.75) is 17.4 Å². The number of benzene rings is 1. The summed E-state index contributed by atoms with van der Waals surface area (Å²) in [6.07, 6.45) is 0.415. The SMILES string of the molecule is O=C(OCc1cccc(F)c1)C1CC1(Cl)Cl. The van der Waals surface area contributed by atoms with Crippen LogP contribution in [0.3, 0.4) is 0 Å². The van der Waals surface area contributed by atoms with Gasteiger partial charge in [0.2, 0.25) is 0 Å². The fourth-order valence-corrected chi connectivity index (χ4v) is 1.84. The molecule has 1 fully saturated rings. The number of ether oxygens (including phenoxy) is 1. The molecule has 0 spiro atoms. The van der Waals surface area contributed by atoms with E-state index in [9.17, 15) is 9.18 Å². The molecule has 0 bridgehead atoms. The molecule has 1 aliphatic carbocycles. The second-order valence-corrected chi connectivity index (χ2v) is 5.30. The van der Waals surface area contributed by atoms with Gasteiger partial charge in [-0.2, -0.15) is 0 Å². The molecule has 1 atom stereocenters. The third-order valence-corrected chi connectivity index (χ3v) is 3.22. The van der Waals surface area contributed by atoms with Gasteiger partial charge in [0.05, 0.1) is 5.92 Å². The van der Waals surface area contributed by atoms with E-state index in [1.165, 1.54) is 12.1 Å². The average molecular weight is 263 g/mol. The Bertz CT molecular complexity index is 420. The van der Waals surface area contributed by atoms with Crippen molar-refractivity contribution in [1.29, 1.82) is 0 Å². The summed E-state index contributed by atoms with van der Waals surface area (Å²) in [5.41, 5.74) is 0.601. The summed E-state index contributed by atoms with van der Waals surface area (Å²) < 4.78 is 16.8. The first-order valence-corrected chi connectivity index (χ1v) is 5.53. The highest BCUT2D eigenvalue weighted by molar-refractivity contribution is 6.52. The Kier molecular flexibility index (Phi) is 3.08. The van der Waals surface area contributed by atoms with Crippen LogP contribution >= 0.6 is 23.2 Å². The van der Waals surface area contributed by atoms with Crippen molar-refractivity contribution < 1.29 is 13.9 Å². The largest absolute Gasteiger partial charge is 0.461 e. The van der Waals surface area contributed by atoms with Crippen LogP contribution in [0.2, 0.25) is 0 Å². The topological polar surface area (TPSA) is 26.3 Å². The summed E-state index contributed by atoms with van der Waals surface area (Å²) in [7, 11) is 0. The molecule has 0 heterocycles. The van der Waals surface area contributed by atoms with Crippen LogP contribution in [-0.4, -0.2) is 10.3 Å². The second-order valence-electron chi connectivity index (χ2n) is 3.76. The lowest BCUT2D eigenvalue weighted by Crippen LogP contribution is -2.10. The lowest BCUT2D eigenvalue weighted by atomic mass is 10.2. The molecule has 1 unspecified atom stereocenters. The van der Waals surface area contributed by atoms with Gasteiger partial charge in [0.25, 0.3) is 0 Å². The van der Waals surface area contributed by atoms with Gasteiger partial charge in [0.15, 0.2) is 0 Å².